The first kappa shape index (κ1) is 11.9. The Labute approximate surface area is 101 Å². The van der Waals surface area contributed by atoms with Crippen LogP contribution in [0.4, 0.5) is 0 Å². The Morgan fingerprint density at radius 3 is 2.59 bits per heavy atom. The number of rotatable bonds is 3. The Kier molecular flexibility index (Phi) is 2.79. The molecule has 0 fully saturated rings. The number of aromatic nitrogens is 4. The molecule has 0 aliphatic carbocycles. The first-order valence-electron chi connectivity index (χ1n) is 5.66. The van der Waals surface area contributed by atoms with Gasteiger partial charge < -0.3 is 10.3 Å². The fourth-order valence-electron chi connectivity index (χ4n) is 1.87. The maximum Gasteiger partial charge on any atom is 0.0951 e. The maximum absolute atomic E-state index is 6.12. The summed E-state index contributed by atoms with van der Waals surface area (Å²) >= 11 is 0. The summed E-state index contributed by atoms with van der Waals surface area (Å²) in [5.74, 6) is 0. The molecule has 0 aliphatic heterocycles. The third kappa shape index (κ3) is 2.24. The lowest BCUT2D eigenvalue weighted by atomic mass is 10.0. The normalized spacial score (nSPS) is 12.1. The van der Waals surface area contributed by atoms with Gasteiger partial charge in [0.15, 0.2) is 0 Å². The van der Waals surface area contributed by atoms with Crippen molar-refractivity contribution in [2.24, 2.45) is 12.8 Å². The van der Waals surface area contributed by atoms with Crippen LogP contribution in [0, 0.1) is 6.92 Å². The number of hydrogen-bond donors (Lipinski definition) is 1. The van der Waals surface area contributed by atoms with E-state index in [2.05, 4.69) is 21.6 Å². The molecule has 2 N–H and O–H groups in total. The molecule has 5 nitrogen and oxygen atoms in total. The molecule has 0 saturated carbocycles. The summed E-state index contributed by atoms with van der Waals surface area (Å²) in [5, 5.41) is 4.24. The molecule has 0 saturated heterocycles. The van der Waals surface area contributed by atoms with Gasteiger partial charge >= 0.3 is 0 Å². The molecule has 0 bridgehead atoms. The van der Waals surface area contributed by atoms with E-state index in [4.69, 9.17) is 5.73 Å². The second-order valence-electron chi connectivity index (χ2n) is 5.01. The Hall–Kier alpha value is -1.62. The van der Waals surface area contributed by atoms with Crippen LogP contribution in [-0.2, 0) is 19.1 Å². The summed E-state index contributed by atoms with van der Waals surface area (Å²) in [5.41, 5.74) is 9.12. The van der Waals surface area contributed by atoms with Gasteiger partial charge in [0.1, 0.15) is 0 Å². The summed E-state index contributed by atoms with van der Waals surface area (Å²) in [6.45, 7) is 6.79. The molecule has 2 aromatic rings. The monoisotopic (exact) mass is 233 g/mol. The van der Waals surface area contributed by atoms with E-state index in [1.54, 1.807) is 0 Å². The lowest BCUT2D eigenvalue weighted by Crippen LogP contribution is -2.31. The lowest BCUT2D eigenvalue weighted by Gasteiger charge is -2.20. The molecular formula is C12H19N5. The number of hydrogen-bond acceptors (Lipinski definition) is 3. The first-order chi connectivity index (χ1) is 7.89. The van der Waals surface area contributed by atoms with Crippen LogP contribution >= 0.6 is 0 Å². The molecular weight excluding hydrogens is 214 g/mol. The molecule has 5 heteroatoms. The quantitative estimate of drug-likeness (QED) is 0.865. The molecule has 0 aromatic carbocycles. The van der Waals surface area contributed by atoms with Gasteiger partial charge in [0.25, 0.3) is 0 Å². The summed E-state index contributed by atoms with van der Waals surface area (Å²) in [4.78, 5) is 4.18. The number of aryl methyl sites for hydroxylation is 1. The second-order valence-corrected chi connectivity index (χ2v) is 5.01. The molecule has 2 rings (SSSR count). The predicted octanol–water partition coefficient (Wildman–Crippen LogP) is 1.17. The molecule has 0 amide bonds. The summed E-state index contributed by atoms with van der Waals surface area (Å²) < 4.78 is 3.95. The summed E-state index contributed by atoms with van der Waals surface area (Å²) in [6.07, 6.45) is 5.53. The molecule has 0 unspecified atom stereocenters. The number of nitrogens with two attached hydrogens (primary N) is 1. The van der Waals surface area contributed by atoms with Crippen molar-refractivity contribution in [3.63, 3.8) is 0 Å². The van der Waals surface area contributed by atoms with Crippen molar-refractivity contribution in [3.8, 4) is 0 Å². The molecule has 92 valence electrons. The van der Waals surface area contributed by atoms with E-state index in [1.165, 1.54) is 11.3 Å². The Morgan fingerprint density at radius 2 is 2.06 bits per heavy atom. The highest BCUT2D eigenvalue weighted by Gasteiger charge is 2.19. The van der Waals surface area contributed by atoms with Crippen LogP contribution in [0.25, 0.3) is 0 Å². The summed E-state index contributed by atoms with van der Waals surface area (Å²) in [6, 6.07) is 0. The van der Waals surface area contributed by atoms with Crippen LogP contribution < -0.4 is 5.73 Å². The third-order valence-corrected chi connectivity index (χ3v) is 3.05. The van der Waals surface area contributed by atoms with Crippen molar-refractivity contribution in [3.05, 3.63) is 35.7 Å². The second kappa shape index (κ2) is 4.00. The van der Waals surface area contributed by atoms with Gasteiger partial charge in [-0.2, -0.15) is 5.10 Å². The maximum atomic E-state index is 6.12. The molecule has 0 atom stereocenters. The van der Waals surface area contributed by atoms with Gasteiger partial charge in [0.05, 0.1) is 30.3 Å². The van der Waals surface area contributed by atoms with Crippen molar-refractivity contribution in [1.82, 2.24) is 19.3 Å². The average molecular weight is 233 g/mol. The topological polar surface area (TPSA) is 61.7 Å². The van der Waals surface area contributed by atoms with E-state index >= 15 is 0 Å². The van der Waals surface area contributed by atoms with Crippen LogP contribution in [0.5, 0.6) is 0 Å². The summed E-state index contributed by atoms with van der Waals surface area (Å²) in [7, 11) is 1.94. The van der Waals surface area contributed by atoms with E-state index in [1.807, 2.05) is 44.3 Å². The van der Waals surface area contributed by atoms with E-state index < -0.39 is 0 Å². The van der Waals surface area contributed by atoms with Gasteiger partial charge in [0, 0.05) is 24.5 Å². The zero-order valence-electron chi connectivity index (χ0n) is 10.8. The van der Waals surface area contributed by atoms with Crippen molar-refractivity contribution in [2.45, 2.75) is 32.9 Å². The number of imidazole rings is 1. The Morgan fingerprint density at radius 1 is 1.35 bits per heavy atom. The minimum atomic E-state index is -0.382. The van der Waals surface area contributed by atoms with Gasteiger partial charge in [-0.3, -0.25) is 4.68 Å². The van der Waals surface area contributed by atoms with E-state index in [0.29, 0.717) is 0 Å². The largest absolute Gasteiger partial charge is 0.328 e. The van der Waals surface area contributed by atoms with Crippen LogP contribution in [0.2, 0.25) is 0 Å². The fraction of sp³-hybridized carbons (Fsp3) is 0.500. The van der Waals surface area contributed by atoms with Crippen LogP contribution in [-0.4, -0.2) is 19.3 Å². The smallest absolute Gasteiger partial charge is 0.0951 e. The highest BCUT2D eigenvalue weighted by Crippen LogP contribution is 2.18. The van der Waals surface area contributed by atoms with Gasteiger partial charge in [-0.15, -0.1) is 0 Å². The van der Waals surface area contributed by atoms with Gasteiger partial charge in [-0.05, 0) is 20.8 Å². The lowest BCUT2D eigenvalue weighted by molar-refractivity contribution is 0.503. The zero-order valence-corrected chi connectivity index (χ0v) is 10.8. The van der Waals surface area contributed by atoms with E-state index in [9.17, 15) is 0 Å². The third-order valence-electron chi connectivity index (χ3n) is 3.05. The molecule has 0 spiro atoms. The zero-order chi connectivity index (χ0) is 12.6. The molecule has 2 heterocycles. The molecule has 2 aromatic heterocycles. The Balaban J connectivity index is 2.31. The van der Waals surface area contributed by atoms with Crippen LogP contribution in [0.3, 0.4) is 0 Å². The minimum Gasteiger partial charge on any atom is -0.328 e. The molecule has 0 aliphatic rings. The van der Waals surface area contributed by atoms with Crippen LogP contribution in [0.15, 0.2) is 18.7 Å². The van der Waals surface area contributed by atoms with Gasteiger partial charge in [-0.25, -0.2) is 4.98 Å². The number of nitrogens with zero attached hydrogens (tertiary/aromatic N) is 4. The van der Waals surface area contributed by atoms with Crippen molar-refractivity contribution >= 4 is 0 Å². The molecule has 0 radical (unpaired) electrons. The predicted molar refractivity (Wildman–Crippen MR) is 66.5 cm³/mol. The Bertz CT molecular complexity index is 515. The van der Waals surface area contributed by atoms with Crippen molar-refractivity contribution in [1.29, 1.82) is 0 Å². The van der Waals surface area contributed by atoms with Crippen molar-refractivity contribution in [2.75, 3.05) is 0 Å². The minimum absolute atomic E-state index is 0.382. The first-order valence-corrected chi connectivity index (χ1v) is 5.66. The molecule has 17 heavy (non-hydrogen) atoms. The standard InChI is InChI=1S/C12H19N5/c1-9-10(5-15-16(9)4)7-17-8-14-6-11(17)12(2,3)13/h5-6,8H,7,13H2,1-4H3. The van der Waals surface area contributed by atoms with E-state index in [0.717, 1.165) is 12.2 Å². The van der Waals surface area contributed by atoms with Gasteiger partial charge in [0.2, 0.25) is 0 Å². The SMILES string of the molecule is Cc1c(Cn2cncc2C(C)(C)N)cnn1C. The highest BCUT2D eigenvalue weighted by atomic mass is 15.3. The highest BCUT2D eigenvalue weighted by molar-refractivity contribution is 5.19. The average Bonchev–Trinajstić information content (AvgIpc) is 2.79. The van der Waals surface area contributed by atoms with E-state index in [-0.39, 0.29) is 5.54 Å². The fourth-order valence-corrected chi connectivity index (χ4v) is 1.87. The van der Waals surface area contributed by atoms with Crippen LogP contribution in [0.1, 0.15) is 30.8 Å². The van der Waals surface area contributed by atoms with Gasteiger partial charge in [-0.1, -0.05) is 0 Å². The van der Waals surface area contributed by atoms with Crippen molar-refractivity contribution < 1.29 is 0 Å².